The molecule has 2 aromatic rings. The van der Waals surface area contributed by atoms with Crippen molar-refractivity contribution >= 4 is 28.2 Å². The summed E-state index contributed by atoms with van der Waals surface area (Å²) >= 11 is 1.44. The summed E-state index contributed by atoms with van der Waals surface area (Å²) in [4.78, 5) is 25.8. The van der Waals surface area contributed by atoms with Crippen LogP contribution in [0.4, 0.5) is 5.00 Å². The number of aryl methyl sites for hydroxylation is 1. The summed E-state index contributed by atoms with van der Waals surface area (Å²) < 4.78 is 10.3. The first-order chi connectivity index (χ1) is 13.4. The minimum absolute atomic E-state index is 0.272. The zero-order valence-electron chi connectivity index (χ0n) is 16.1. The molecule has 6 nitrogen and oxygen atoms in total. The van der Waals surface area contributed by atoms with Crippen LogP contribution < -0.4 is 10.1 Å². The van der Waals surface area contributed by atoms with Crippen LogP contribution >= 0.6 is 11.3 Å². The second-order valence-corrected chi connectivity index (χ2v) is 8.10. The Morgan fingerprint density at radius 3 is 2.89 bits per heavy atom. The SMILES string of the molecule is COc1ccc(C)cc1C(=O)OCC(=O)Nc1sc2c(c1C#N)CC[C@@H](C)C2. The van der Waals surface area contributed by atoms with Gasteiger partial charge in [-0.2, -0.15) is 5.26 Å². The van der Waals surface area contributed by atoms with Crippen molar-refractivity contribution < 1.29 is 19.1 Å². The molecule has 0 aliphatic heterocycles. The van der Waals surface area contributed by atoms with E-state index in [4.69, 9.17) is 9.47 Å². The molecule has 1 N–H and O–H groups in total. The van der Waals surface area contributed by atoms with E-state index in [1.807, 2.05) is 13.0 Å². The summed E-state index contributed by atoms with van der Waals surface area (Å²) in [6, 6.07) is 7.37. The van der Waals surface area contributed by atoms with Crippen LogP contribution in [-0.2, 0) is 22.4 Å². The molecule has 0 fully saturated rings. The number of benzene rings is 1. The number of methoxy groups -OCH3 is 1. The van der Waals surface area contributed by atoms with Gasteiger partial charge in [-0.25, -0.2) is 4.79 Å². The number of carbonyl (C=O) groups excluding carboxylic acids is 2. The lowest BCUT2D eigenvalue weighted by atomic mass is 9.89. The van der Waals surface area contributed by atoms with Crippen molar-refractivity contribution in [3.8, 4) is 11.8 Å². The molecule has 0 unspecified atom stereocenters. The van der Waals surface area contributed by atoms with Crippen LogP contribution in [0.2, 0.25) is 0 Å². The third-order valence-electron chi connectivity index (χ3n) is 4.79. The van der Waals surface area contributed by atoms with E-state index in [0.29, 0.717) is 22.2 Å². The molecule has 1 aromatic carbocycles. The maximum atomic E-state index is 12.3. The summed E-state index contributed by atoms with van der Waals surface area (Å²) in [6.07, 6.45) is 2.82. The van der Waals surface area contributed by atoms with Gasteiger partial charge in [0.05, 0.1) is 12.7 Å². The number of rotatable bonds is 5. The van der Waals surface area contributed by atoms with Gasteiger partial charge < -0.3 is 14.8 Å². The van der Waals surface area contributed by atoms with E-state index in [0.717, 1.165) is 35.3 Å². The van der Waals surface area contributed by atoms with E-state index in [1.165, 1.54) is 18.4 Å². The Morgan fingerprint density at radius 1 is 1.39 bits per heavy atom. The largest absolute Gasteiger partial charge is 0.496 e. The van der Waals surface area contributed by atoms with Crippen LogP contribution in [0.1, 0.15) is 45.3 Å². The zero-order chi connectivity index (χ0) is 20.3. The molecule has 1 atom stereocenters. The lowest BCUT2D eigenvalue weighted by Gasteiger charge is -2.17. The number of fused-ring (bicyclic) bond motifs is 1. The quantitative estimate of drug-likeness (QED) is 0.773. The number of thiophene rings is 1. The van der Waals surface area contributed by atoms with Gasteiger partial charge in [-0.15, -0.1) is 11.3 Å². The average molecular weight is 398 g/mol. The molecule has 1 aromatic heterocycles. The Morgan fingerprint density at radius 2 is 2.18 bits per heavy atom. The van der Waals surface area contributed by atoms with Crippen molar-refractivity contribution in [2.75, 3.05) is 19.0 Å². The highest BCUT2D eigenvalue weighted by atomic mass is 32.1. The molecule has 1 aliphatic rings. The normalized spacial score (nSPS) is 15.3. The molecule has 0 saturated carbocycles. The van der Waals surface area contributed by atoms with Crippen molar-refractivity contribution in [2.24, 2.45) is 5.92 Å². The summed E-state index contributed by atoms with van der Waals surface area (Å²) in [5, 5.41) is 12.8. The van der Waals surface area contributed by atoms with E-state index in [-0.39, 0.29) is 5.56 Å². The molecule has 1 amide bonds. The highest BCUT2D eigenvalue weighted by molar-refractivity contribution is 7.16. The second kappa shape index (κ2) is 8.44. The predicted octanol–water partition coefficient (Wildman–Crippen LogP) is 3.86. The van der Waals surface area contributed by atoms with Crippen molar-refractivity contribution in [1.29, 1.82) is 5.26 Å². The lowest BCUT2D eigenvalue weighted by molar-refractivity contribution is -0.119. The topological polar surface area (TPSA) is 88.4 Å². The minimum atomic E-state index is -0.629. The van der Waals surface area contributed by atoms with Gasteiger partial charge in [0.2, 0.25) is 0 Å². The van der Waals surface area contributed by atoms with Gasteiger partial charge in [-0.3, -0.25) is 4.79 Å². The fourth-order valence-corrected chi connectivity index (χ4v) is 4.69. The number of amides is 1. The molecule has 3 rings (SSSR count). The lowest BCUT2D eigenvalue weighted by Crippen LogP contribution is -2.21. The number of nitrogens with zero attached hydrogens (tertiary/aromatic N) is 1. The first kappa shape index (κ1) is 19.9. The zero-order valence-corrected chi connectivity index (χ0v) is 16.9. The molecule has 0 saturated heterocycles. The van der Waals surface area contributed by atoms with Gasteiger partial charge in [0.1, 0.15) is 22.4 Å². The number of hydrogen-bond donors (Lipinski definition) is 1. The second-order valence-electron chi connectivity index (χ2n) is 7.00. The maximum Gasteiger partial charge on any atom is 0.342 e. The summed E-state index contributed by atoms with van der Waals surface area (Å²) in [5.74, 6) is -0.132. The van der Waals surface area contributed by atoms with Crippen LogP contribution in [0.15, 0.2) is 18.2 Å². The summed E-state index contributed by atoms with van der Waals surface area (Å²) in [6.45, 7) is 3.61. The molecule has 0 radical (unpaired) electrons. The number of ether oxygens (including phenoxy) is 2. The van der Waals surface area contributed by atoms with Gasteiger partial charge in [-0.05, 0) is 49.8 Å². The molecule has 0 bridgehead atoms. The molecular weight excluding hydrogens is 376 g/mol. The van der Waals surface area contributed by atoms with E-state index in [1.54, 1.807) is 12.1 Å². The number of carbonyl (C=O) groups is 2. The predicted molar refractivity (Wildman–Crippen MR) is 107 cm³/mol. The molecule has 28 heavy (non-hydrogen) atoms. The third-order valence-corrected chi connectivity index (χ3v) is 5.96. The number of nitrogens with one attached hydrogen (secondary N) is 1. The fraction of sp³-hybridized carbons (Fsp3) is 0.381. The first-order valence-electron chi connectivity index (χ1n) is 9.09. The van der Waals surface area contributed by atoms with Gasteiger partial charge in [0.15, 0.2) is 6.61 Å². The van der Waals surface area contributed by atoms with Crippen LogP contribution in [-0.4, -0.2) is 25.6 Å². The Hall–Kier alpha value is -2.85. The Balaban J connectivity index is 1.66. The average Bonchev–Trinajstić information content (AvgIpc) is 3.01. The smallest absolute Gasteiger partial charge is 0.342 e. The highest BCUT2D eigenvalue weighted by Gasteiger charge is 2.25. The van der Waals surface area contributed by atoms with Crippen LogP contribution in [0, 0.1) is 24.2 Å². The molecule has 1 aliphatic carbocycles. The van der Waals surface area contributed by atoms with Crippen molar-refractivity contribution in [2.45, 2.75) is 33.1 Å². The first-order valence-corrected chi connectivity index (χ1v) is 9.90. The van der Waals surface area contributed by atoms with Gasteiger partial charge in [0, 0.05) is 4.88 Å². The molecule has 1 heterocycles. The molecule has 0 spiro atoms. The fourth-order valence-electron chi connectivity index (χ4n) is 3.31. The van der Waals surface area contributed by atoms with Crippen molar-refractivity contribution in [1.82, 2.24) is 0 Å². The van der Waals surface area contributed by atoms with E-state index in [9.17, 15) is 14.9 Å². The Labute approximate surface area is 168 Å². The van der Waals surface area contributed by atoms with Crippen molar-refractivity contribution in [3.63, 3.8) is 0 Å². The highest BCUT2D eigenvalue weighted by Crippen LogP contribution is 2.39. The van der Waals surface area contributed by atoms with Gasteiger partial charge >= 0.3 is 5.97 Å². The van der Waals surface area contributed by atoms with E-state index < -0.39 is 18.5 Å². The molecular formula is C21H22N2O4S. The van der Waals surface area contributed by atoms with Crippen molar-refractivity contribution in [3.05, 3.63) is 45.3 Å². The van der Waals surface area contributed by atoms with Crippen LogP contribution in [0.3, 0.4) is 0 Å². The van der Waals surface area contributed by atoms with Gasteiger partial charge in [0.25, 0.3) is 5.91 Å². The molecule has 146 valence electrons. The number of nitriles is 1. The Bertz CT molecular complexity index is 958. The summed E-state index contributed by atoms with van der Waals surface area (Å²) in [7, 11) is 1.47. The van der Waals surface area contributed by atoms with Crippen LogP contribution in [0.25, 0.3) is 0 Å². The van der Waals surface area contributed by atoms with Gasteiger partial charge in [-0.1, -0.05) is 18.6 Å². The maximum absolute atomic E-state index is 12.3. The van der Waals surface area contributed by atoms with Crippen LogP contribution in [0.5, 0.6) is 5.75 Å². The number of hydrogen-bond acceptors (Lipinski definition) is 6. The molecule has 7 heteroatoms. The van der Waals surface area contributed by atoms with E-state index in [2.05, 4.69) is 18.3 Å². The standard InChI is InChI=1S/C21H22N2O4S/c1-12-5-7-17(26-3)15(8-12)21(25)27-11-19(24)23-20-16(10-22)14-6-4-13(2)9-18(14)28-20/h5,7-8,13H,4,6,9,11H2,1-3H3,(H,23,24)/t13-/m1/s1. The number of anilines is 1. The summed E-state index contributed by atoms with van der Waals surface area (Å²) in [5.41, 5.74) is 2.73. The number of esters is 1. The Kier molecular flexibility index (Phi) is 6.00. The third kappa shape index (κ3) is 4.18. The minimum Gasteiger partial charge on any atom is -0.496 e. The van der Waals surface area contributed by atoms with E-state index >= 15 is 0 Å². The monoisotopic (exact) mass is 398 g/mol.